The van der Waals surface area contributed by atoms with Gasteiger partial charge in [-0.3, -0.25) is 9.78 Å². The Hall–Kier alpha value is -2.70. The van der Waals surface area contributed by atoms with Gasteiger partial charge in [0, 0.05) is 12.4 Å². The maximum absolute atomic E-state index is 12.5. The number of nitrogens with zero attached hydrogens (tertiary/aromatic N) is 3. The van der Waals surface area contributed by atoms with Crippen LogP contribution in [0.2, 0.25) is 0 Å². The van der Waals surface area contributed by atoms with E-state index in [1.807, 2.05) is 6.07 Å². The zero-order chi connectivity index (χ0) is 17.0. The van der Waals surface area contributed by atoms with Crippen molar-refractivity contribution in [3.05, 3.63) is 42.5 Å². The van der Waals surface area contributed by atoms with E-state index < -0.39 is 17.4 Å². The predicted molar refractivity (Wildman–Crippen MR) is 86.9 cm³/mol. The van der Waals surface area contributed by atoms with E-state index in [-0.39, 0.29) is 0 Å². The normalized spacial score (nSPS) is 17.0. The minimum Gasteiger partial charge on any atom is -0.480 e. The van der Waals surface area contributed by atoms with Crippen LogP contribution in [0.4, 0.5) is 0 Å². The van der Waals surface area contributed by atoms with Gasteiger partial charge in [-0.25, -0.2) is 9.48 Å². The molecule has 1 fully saturated rings. The summed E-state index contributed by atoms with van der Waals surface area (Å²) in [6.45, 7) is 0. The monoisotopic (exact) mass is 328 g/mol. The number of carboxylic acid groups (broad SMARTS) is 1. The van der Waals surface area contributed by atoms with Gasteiger partial charge in [-0.05, 0) is 25.0 Å². The third-order valence-electron chi connectivity index (χ3n) is 4.47. The van der Waals surface area contributed by atoms with Crippen LogP contribution >= 0.6 is 0 Å². The van der Waals surface area contributed by atoms with Crippen LogP contribution in [0.15, 0.2) is 36.9 Å². The summed E-state index contributed by atoms with van der Waals surface area (Å²) in [5, 5.41) is 16.5. The minimum atomic E-state index is -1.18. The zero-order valence-corrected chi connectivity index (χ0v) is 13.3. The minimum absolute atomic E-state index is 0.337. The summed E-state index contributed by atoms with van der Waals surface area (Å²) in [7, 11) is 0. The summed E-state index contributed by atoms with van der Waals surface area (Å²) >= 11 is 0. The standard InChI is InChI=1S/C17H20N4O3/c22-15(20-17(16(23)24)7-3-1-2-4-8-17)13-10-19-21(12-13)14-6-5-9-18-11-14/h5-6,9-12H,1-4,7-8H2,(H,20,22)(H,23,24). The predicted octanol–water partition coefficient (Wildman–Crippen LogP) is 2.17. The van der Waals surface area contributed by atoms with Crippen LogP contribution in [0.5, 0.6) is 0 Å². The van der Waals surface area contributed by atoms with Crippen molar-refractivity contribution in [1.29, 1.82) is 0 Å². The number of aliphatic carboxylic acids is 1. The van der Waals surface area contributed by atoms with Crippen LogP contribution in [0.25, 0.3) is 5.69 Å². The van der Waals surface area contributed by atoms with E-state index in [0.717, 1.165) is 31.4 Å². The molecule has 2 aromatic rings. The molecule has 0 atom stereocenters. The van der Waals surface area contributed by atoms with Crippen molar-refractivity contribution in [3.8, 4) is 5.69 Å². The highest BCUT2D eigenvalue weighted by Gasteiger charge is 2.40. The van der Waals surface area contributed by atoms with Gasteiger partial charge in [0.05, 0.1) is 23.6 Å². The molecule has 0 unspecified atom stereocenters. The molecule has 1 aliphatic carbocycles. The third kappa shape index (κ3) is 3.29. The quantitative estimate of drug-likeness (QED) is 0.838. The first-order valence-electron chi connectivity index (χ1n) is 8.12. The molecule has 2 aromatic heterocycles. The molecular formula is C17H20N4O3. The molecule has 1 aliphatic rings. The molecule has 24 heavy (non-hydrogen) atoms. The lowest BCUT2D eigenvalue weighted by atomic mass is 9.90. The van der Waals surface area contributed by atoms with Gasteiger partial charge in [0.25, 0.3) is 5.91 Å². The van der Waals surface area contributed by atoms with E-state index in [0.29, 0.717) is 18.4 Å². The first-order valence-corrected chi connectivity index (χ1v) is 8.12. The number of rotatable bonds is 4. The second kappa shape index (κ2) is 6.82. The smallest absolute Gasteiger partial charge is 0.329 e. The highest BCUT2D eigenvalue weighted by molar-refractivity contribution is 5.97. The largest absolute Gasteiger partial charge is 0.480 e. The van der Waals surface area contributed by atoms with Crippen LogP contribution in [0.1, 0.15) is 48.9 Å². The first-order chi connectivity index (χ1) is 11.6. The van der Waals surface area contributed by atoms with Crippen LogP contribution < -0.4 is 5.32 Å². The van der Waals surface area contributed by atoms with Crippen molar-refractivity contribution in [3.63, 3.8) is 0 Å². The van der Waals surface area contributed by atoms with Gasteiger partial charge in [0.2, 0.25) is 0 Å². The van der Waals surface area contributed by atoms with Gasteiger partial charge < -0.3 is 10.4 Å². The lowest BCUT2D eigenvalue weighted by Gasteiger charge is -2.29. The number of pyridine rings is 1. The Morgan fingerprint density at radius 3 is 2.54 bits per heavy atom. The average Bonchev–Trinajstić information content (AvgIpc) is 2.97. The molecular weight excluding hydrogens is 308 g/mol. The SMILES string of the molecule is O=C(NC1(C(=O)O)CCCCCC1)c1cnn(-c2cccnc2)c1. The zero-order valence-electron chi connectivity index (χ0n) is 13.3. The molecule has 1 amide bonds. The number of carboxylic acids is 1. The molecule has 0 spiro atoms. The van der Waals surface area contributed by atoms with E-state index in [9.17, 15) is 14.7 Å². The second-order valence-electron chi connectivity index (χ2n) is 6.14. The molecule has 0 radical (unpaired) electrons. The Morgan fingerprint density at radius 2 is 1.92 bits per heavy atom. The van der Waals surface area contributed by atoms with Crippen LogP contribution in [-0.4, -0.2) is 37.3 Å². The molecule has 7 nitrogen and oxygen atoms in total. The van der Waals surface area contributed by atoms with E-state index in [2.05, 4.69) is 15.4 Å². The van der Waals surface area contributed by atoms with Crippen LogP contribution in [0.3, 0.4) is 0 Å². The number of hydrogen-bond donors (Lipinski definition) is 2. The Balaban J connectivity index is 1.79. The summed E-state index contributed by atoms with van der Waals surface area (Å²) in [4.78, 5) is 28.3. The van der Waals surface area contributed by atoms with Gasteiger partial charge in [-0.1, -0.05) is 25.7 Å². The number of carbonyl (C=O) groups excluding carboxylic acids is 1. The summed E-state index contributed by atoms with van der Waals surface area (Å²) in [6.07, 6.45) is 10.9. The molecule has 126 valence electrons. The number of amides is 1. The van der Waals surface area contributed by atoms with Gasteiger partial charge in [-0.15, -0.1) is 0 Å². The van der Waals surface area contributed by atoms with Crippen molar-refractivity contribution in [1.82, 2.24) is 20.1 Å². The highest BCUT2D eigenvalue weighted by atomic mass is 16.4. The van der Waals surface area contributed by atoms with Gasteiger partial charge in [0.1, 0.15) is 5.54 Å². The van der Waals surface area contributed by atoms with Crippen molar-refractivity contribution < 1.29 is 14.7 Å². The number of nitrogens with one attached hydrogen (secondary N) is 1. The summed E-state index contributed by atoms with van der Waals surface area (Å²) in [5.74, 6) is -1.37. The lowest BCUT2D eigenvalue weighted by Crippen LogP contribution is -2.54. The van der Waals surface area contributed by atoms with Gasteiger partial charge in [-0.2, -0.15) is 5.10 Å². The number of carbonyl (C=O) groups is 2. The topological polar surface area (TPSA) is 97.1 Å². The highest BCUT2D eigenvalue weighted by Crippen LogP contribution is 2.28. The fraction of sp³-hybridized carbons (Fsp3) is 0.412. The molecule has 1 saturated carbocycles. The molecule has 2 N–H and O–H groups in total. The number of aromatic nitrogens is 3. The maximum Gasteiger partial charge on any atom is 0.329 e. The fourth-order valence-electron chi connectivity index (χ4n) is 3.08. The van der Waals surface area contributed by atoms with Gasteiger partial charge >= 0.3 is 5.97 Å². The van der Waals surface area contributed by atoms with E-state index in [4.69, 9.17) is 0 Å². The second-order valence-corrected chi connectivity index (χ2v) is 6.14. The Kier molecular flexibility index (Phi) is 4.59. The van der Waals surface area contributed by atoms with Crippen LogP contribution in [-0.2, 0) is 4.79 Å². The Labute approximate surface area is 139 Å². The summed E-state index contributed by atoms with van der Waals surface area (Å²) in [5.41, 5.74) is -0.105. The van der Waals surface area contributed by atoms with E-state index in [1.54, 1.807) is 29.3 Å². The van der Waals surface area contributed by atoms with Crippen molar-refractivity contribution in [2.24, 2.45) is 0 Å². The van der Waals surface area contributed by atoms with Crippen molar-refractivity contribution in [2.45, 2.75) is 44.1 Å². The molecule has 7 heteroatoms. The van der Waals surface area contributed by atoms with Crippen LogP contribution in [0, 0.1) is 0 Å². The molecule has 0 saturated heterocycles. The molecule has 0 bridgehead atoms. The van der Waals surface area contributed by atoms with Crippen molar-refractivity contribution in [2.75, 3.05) is 0 Å². The summed E-state index contributed by atoms with van der Waals surface area (Å²) in [6, 6.07) is 3.60. The Bertz CT molecular complexity index is 718. The molecule has 0 aromatic carbocycles. The van der Waals surface area contributed by atoms with Crippen molar-refractivity contribution >= 4 is 11.9 Å². The Morgan fingerprint density at radius 1 is 1.17 bits per heavy atom. The average molecular weight is 328 g/mol. The third-order valence-corrected chi connectivity index (χ3v) is 4.47. The molecule has 3 rings (SSSR count). The number of hydrogen-bond acceptors (Lipinski definition) is 4. The van der Waals surface area contributed by atoms with E-state index in [1.165, 1.54) is 6.20 Å². The summed E-state index contributed by atoms with van der Waals surface area (Å²) < 4.78 is 1.54. The molecule has 0 aliphatic heterocycles. The maximum atomic E-state index is 12.5. The molecule has 2 heterocycles. The fourth-order valence-corrected chi connectivity index (χ4v) is 3.08. The van der Waals surface area contributed by atoms with E-state index >= 15 is 0 Å². The van der Waals surface area contributed by atoms with Gasteiger partial charge in [0.15, 0.2) is 0 Å². The first kappa shape index (κ1) is 16.2. The lowest BCUT2D eigenvalue weighted by molar-refractivity contribution is -0.145.